The molecule has 0 aromatic heterocycles. The molecule has 84 valence electrons. The molecule has 6 nitrogen and oxygen atoms in total. The molecule has 15 heavy (non-hydrogen) atoms. The van der Waals surface area contributed by atoms with Crippen LogP contribution in [0.2, 0.25) is 0 Å². The summed E-state index contributed by atoms with van der Waals surface area (Å²) in [6, 6.07) is 0.469. The minimum Gasteiger partial charge on any atom is -0.353 e. The molecule has 4 N–H and O–H groups in total. The maximum absolute atomic E-state index is 4.45. The summed E-state index contributed by atoms with van der Waals surface area (Å²) in [5, 5.41) is 12.4. The zero-order valence-corrected chi connectivity index (χ0v) is 8.79. The molecule has 0 bridgehead atoms. The summed E-state index contributed by atoms with van der Waals surface area (Å²) in [6.45, 7) is 5.02. The fourth-order valence-corrected chi connectivity index (χ4v) is 2.47. The van der Waals surface area contributed by atoms with Gasteiger partial charge in [-0.15, -0.1) is 0 Å². The van der Waals surface area contributed by atoms with Gasteiger partial charge in [-0.2, -0.15) is 0 Å². The van der Waals surface area contributed by atoms with Gasteiger partial charge in [0, 0.05) is 26.2 Å². The molecule has 0 amide bonds. The zero-order chi connectivity index (χ0) is 10.1. The summed E-state index contributed by atoms with van der Waals surface area (Å²) < 4.78 is 0. The summed E-state index contributed by atoms with van der Waals surface area (Å²) >= 11 is 0. The van der Waals surface area contributed by atoms with Crippen molar-refractivity contribution in [1.82, 2.24) is 26.4 Å². The van der Waals surface area contributed by atoms with Crippen LogP contribution in [0, 0.1) is 0 Å². The van der Waals surface area contributed by atoms with Crippen molar-refractivity contribution < 1.29 is 0 Å². The molecular weight excluding hydrogens is 192 g/mol. The Labute approximate surface area is 89.5 Å². The maximum Gasteiger partial charge on any atom is 0.209 e. The van der Waals surface area contributed by atoms with Crippen molar-refractivity contribution in [3.05, 3.63) is 0 Å². The molecule has 0 aromatic rings. The van der Waals surface area contributed by atoms with Gasteiger partial charge in [-0.05, 0) is 6.42 Å². The quantitative estimate of drug-likeness (QED) is 0.405. The first-order valence-corrected chi connectivity index (χ1v) is 5.73. The molecule has 3 heterocycles. The fraction of sp³-hybridized carbons (Fsp3) is 0.889. The number of rotatable bonds is 1. The molecule has 6 heteroatoms. The topological polar surface area (TPSA) is 63.7 Å². The highest BCUT2D eigenvalue weighted by atomic mass is 15.6. The van der Waals surface area contributed by atoms with Gasteiger partial charge in [-0.1, -0.05) is 0 Å². The summed E-state index contributed by atoms with van der Waals surface area (Å²) in [6.07, 6.45) is 1.55. The van der Waals surface area contributed by atoms with Gasteiger partial charge in [0.25, 0.3) is 0 Å². The van der Waals surface area contributed by atoms with Crippen LogP contribution in [0.5, 0.6) is 0 Å². The molecule has 3 rings (SSSR count). The number of aliphatic imine (C=N–C) groups is 1. The van der Waals surface area contributed by atoms with E-state index in [1.807, 2.05) is 0 Å². The second-order valence-electron chi connectivity index (χ2n) is 4.15. The molecule has 0 radical (unpaired) electrons. The van der Waals surface area contributed by atoms with Crippen molar-refractivity contribution in [2.75, 3.05) is 32.7 Å². The molecular formula is C9H18N6. The number of guanidine groups is 1. The van der Waals surface area contributed by atoms with Crippen LogP contribution >= 0.6 is 0 Å². The van der Waals surface area contributed by atoms with Crippen LogP contribution in [0.3, 0.4) is 0 Å². The molecule has 0 aliphatic carbocycles. The highest BCUT2D eigenvalue weighted by molar-refractivity contribution is 5.81. The Hall–Kier alpha value is -0.850. The van der Waals surface area contributed by atoms with Crippen LogP contribution in [0.4, 0.5) is 0 Å². The van der Waals surface area contributed by atoms with E-state index < -0.39 is 0 Å². The van der Waals surface area contributed by atoms with Gasteiger partial charge >= 0.3 is 0 Å². The average molecular weight is 210 g/mol. The lowest BCUT2D eigenvalue weighted by atomic mass is 10.2. The van der Waals surface area contributed by atoms with Crippen LogP contribution in [0.15, 0.2) is 4.99 Å². The van der Waals surface area contributed by atoms with Crippen molar-refractivity contribution in [2.45, 2.75) is 18.6 Å². The number of hydrazine groups is 1. The van der Waals surface area contributed by atoms with Crippen molar-refractivity contribution in [2.24, 2.45) is 4.99 Å². The average Bonchev–Trinajstić information content (AvgIpc) is 3.01. The summed E-state index contributed by atoms with van der Waals surface area (Å²) in [4.78, 5) is 4.45. The highest BCUT2D eigenvalue weighted by Gasteiger charge is 2.35. The van der Waals surface area contributed by atoms with E-state index in [9.17, 15) is 0 Å². The fourth-order valence-electron chi connectivity index (χ4n) is 2.47. The predicted octanol–water partition coefficient (Wildman–Crippen LogP) is -1.96. The SMILES string of the molecule is C1CNC(N2NCCC2C2NCCN2)=N1. The molecule has 0 aromatic carbocycles. The Balaban J connectivity index is 1.70. The smallest absolute Gasteiger partial charge is 0.209 e. The summed E-state index contributed by atoms with van der Waals surface area (Å²) in [5.74, 6) is 1.01. The lowest BCUT2D eigenvalue weighted by molar-refractivity contribution is 0.246. The predicted molar refractivity (Wildman–Crippen MR) is 58.3 cm³/mol. The molecule has 3 aliphatic rings. The molecule has 3 aliphatic heterocycles. The van der Waals surface area contributed by atoms with Crippen molar-refractivity contribution >= 4 is 5.96 Å². The Bertz CT molecular complexity index is 259. The van der Waals surface area contributed by atoms with Crippen LogP contribution in [0.1, 0.15) is 6.42 Å². The Morgan fingerprint density at radius 1 is 1.13 bits per heavy atom. The van der Waals surface area contributed by atoms with Gasteiger partial charge in [-0.25, -0.2) is 5.43 Å². The first-order chi connectivity index (χ1) is 7.45. The monoisotopic (exact) mass is 210 g/mol. The van der Waals surface area contributed by atoms with Gasteiger partial charge in [0.1, 0.15) is 0 Å². The van der Waals surface area contributed by atoms with E-state index in [0.717, 1.165) is 45.1 Å². The third-order valence-corrected chi connectivity index (χ3v) is 3.18. The number of hydrogen-bond donors (Lipinski definition) is 4. The summed E-state index contributed by atoms with van der Waals surface area (Å²) in [5.41, 5.74) is 3.39. The van der Waals surface area contributed by atoms with E-state index in [2.05, 4.69) is 31.4 Å². The van der Waals surface area contributed by atoms with E-state index in [0.29, 0.717) is 12.2 Å². The molecule has 1 unspecified atom stereocenters. The lowest BCUT2D eigenvalue weighted by Crippen LogP contribution is -2.56. The maximum atomic E-state index is 4.45. The largest absolute Gasteiger partial charge is 0.353 e. The van der Waals surface area contributed by atoms with Gasteiger partial charge in [-0.3, -0.25) is 20.6 Å². The lowest BCUT2D eigenvalue weighted by Gasteiger charge is -2.30. The highest BCUT2D eigenvalue weighted by Crippen LogP contribution is 2.14. The Morgan fingerprint density at radius 2 is 2.00 bits per heavy atom. The van der Waals surface area contributed by atoms with E-state index in [4.69, 9.17) is 0 Å². The molecule has 1 atom stereocenters. The minimum atomic E-state index is 0.394. The van der Waals surface area contributed by atoms with Gasteiger partial charge in [0.2, 0.25) is 5.96 Å². The van der Waals surface area contributed by atoms with Crippen molar-refractivity contribution in [3.63, 3.8) is 0 Å². The second-order valence-corrected chi connectivity index (χ2v) is 4.15. The van der Waals surface area contributed by atoms with Crippen LogP contribution in [0.25, 0.3) is 0 Å². The van der Waals surface area contributed by atoms with E-state index >= 15 is 0 Å². The third-order valence-electron chi connectivity index (χ3n) is 3.18. The normalized spacial score (nSPS) is 32.1. The van der Waals surface area contributed by atoms with Crippen LogP contribution < -0.4 is 21.4 Å². The van der Waals surface area contributed by atoms with Crippen molar-refractivity contribution in [1.29, 1.82) is 0 Å². The van der Waals surface area contributed by atoms with E-state index in [-0.39, 0.29) is 0 Å². The number of nitrogens with one attached hydrogen (secondary N) is 4. The van der Waals surface area contributed by atoms with E-state index in [1.165, 1.54) is 0 Å². The standard InChI is InChI=1S/C9H18N6/c1-2-14-15(9-12-5-6-13-9)7(1)8-10-3-4-11-8/h7-8,10-11,14H,1-6H2,(H,12,13). The Morgan fingerprint density at radius 3 is 2.73 bits per heavy atom. The molecule has 2 fully saturated rings. The van der Waals surface area contributed by atoms with Crippen LogP contribution in [-0.4, -0.2) is 55.9 Å². The summed E-state index contributed by atoms with van der Waals surface area (Å²) in [7, 11) is 0. The van der Waals surface area contributed by atoms with E-state index in [1.54, 1.807) is 0 Å². The molecule has 0 saturated carbocycles. The minimum absolute atomic E-state index is 0.394. The number of hydrogen-bond acceptors (Lipinski definition) is 6. The van der Waals surface area contributed by atoms with Crippen molar-refractivity contribution in [3.8, 4) is 0 Å². The molecule has 2 saturated heterocycles. The first kappa shape index (κ1) is 9.38. The molecule has 0 spiro atoms. The van der Waals surface area contributed by atoms with Gasteiger partial charge < -0.3 is 5.32 Å². The first-order valence-electron chi connectivity index (χ1n) is 5.73. The second kappa shape index (κ2) is 3.96. The van der Waals surface area contributed by atoms with Gasteiger partial charge in [0.05, 0.1) is 18.8 Å². The zero-order valence-electron chi connectivity index (χ0n) is 8.79. The Kier molecular flexibility index (Phi) is 2.47. The van der Waals surface area contributed by atoms with Gasteiger partial charge in [0.15, 0.2) is 0 Å². The van der Waals surface area contributed by atoms with Crippen LogP contribution in [-0.2, 0) is 0 Å². The number of nitrogens with zero attached hydrogens (tertiary/aromatic N) is 2. The third kappa shape index (κ3) is 1.68.